The standard InChI is InChI=1S/C22H23N5O2/c28-20(26-9-1-2-10-26)11-15-3-5-17(6-4-15)25-22(29)16-12-19-21(23-13-16)27(14-24-19)18-7-8-18/h3-6,12-14,18H,1-2,7-11H2,(H,25,29). The molecule has 1 saturated heterocycles. The second kappa shape index (κ2) is 7.31. The summed E-state index contributed by atoms with van der Waals surface area (Å²) in [5, 5.41) is 2.89. The summed E-state index contributed by atoms with van der Waals surface area (Å²) in [6.07, 6.45) is 8.32. The van der Waals surface area contributed by atoms with Gasteiger partial charge >= 0.3 is 0 Å². The van der Waals surface area contributed by atoms with Crippen LogP contribution in [0.4, 0.5) is 5.69 Å². The average Bonchev–Trinajstić information content (AvgIpc) is 3.26. The predicted octanol–water partition coefficient (Wildman–Crippen LogP) is 3.18. The second-order valence-electron chi connectivity index (χ2n) is 7.87. The lowest BCUT2D eigenvalue weighted by Gasteiger charge is -2.15. The Kier molecular flexibility index (Phi) is 4.50. The highest BCUT2D eigenvalue weighted by atomic mass is 16.2. The molecule has 0 bridgehead atoms. The molecule has 5 rings (SSSR count). The Morgan fingerprint density at radius 3 is 2.55 bits per heavy atom. The lowest BCUT2D eigenvalue weighted by Crippen LogP contribution is -2.29. The Labute approximate surface area is 168 Å². The van der Waals surface area contributed by atoms with Crippen molar-refractivity contribution in [1.82, 2.24) is 19.4 Å². The summed E-state index contributed by atoms with van der Waals surface area (Å²) >= 11 is 0. The summed E-state index contributed by atoms with van der Waals surface area (Å²) in [5.74, 6) is -0.0504. The fourth-order valence-electron chi connectivity index (χ4n) is 3.83. The molecule has 7 nitrogen and oxygen atoms in total. The number of carbonyl (C=O) groups excluding carboxylic acids is 2. The number of fused-ring (bicyclic) bond motifs is 1. The van der Waals surface area contributed by atoms with Crippen molar-refractivity contribution in [2.75, 3.05) is 18.4 Å². The van der Waals surface area contributed by atoms with E-state index in [1.165, 1.54) is 0 Å². The van der Waals surface area contributed by atoms with Crippen LogP contribution in [0, 0.1) is 0 Å². The van der Waals surface area contributed by atoms with Crippen molar-refractivity contribution in [3.05, 3.63) is 54.0 Å². The van der Waals surface area contributed by atoms with Crippen LogP contribution >= 0.6 is 0 Å². The highest BCUT2D eigenvalue weighted by Crippen LogP contribution is 2.36. The number of imidazole rings is 1. The summed E-state index contributed by atoms with van der Waals surface area (Å²) in [4.78, 5) is 35.6. The molecule has 2 aliphatic rings. The van der Waals surface area contributed by atoms with Crippen molar-refractivity contribution in [1.29, 1.82) is 0 Å². The number of pyridine rings is 1. The Morgan fingerprint density at radius 1 is 1.07 bits per heavy atom. The fraction of sp³-hybridized carbons (Fsp3) is 0.364. The maximum absolute atomic E-state index is 12.6. The lowest BCUT2D eigenvalue weighted by molar-refractivity contribution is -0.129. The number of benzene rings is 1. The molecule has 148 valence electrons. The van der Waals surface area contributed by atoms with Gasteiger partial charge in [0.15, 0.2) is 5.65 Å². The van der Waals surface area contributed by atoms with Crippen LogP contribution in [-0.4, -0.2) is 44.3 Å². The number of aromatic nitrogens is 3. The van der Waals surface area contributed by atoms with E-state index >= 15 is 0 Å². The first kappa shape index (κ1) is 17.8. The van der Waals surface area contributed by atoms with Crippen molar-refractivity contribution in [3.8, 4) is 0 Å². The third-order valence-corrected chi connectivity index (χ3v) is 5.64. The molecule has 2 fully saturated rings. The molecule has 29 heavy (non-hydrogen) atoms. The number of likely N-dealkylation sites (tertiary alicyclic amines) is 1. The normalized spacial score (nSPS) is 16.3. The van der Waals surface area contributed by atoms with Crippen molar-refractivity contribution in [2.45, 2.75) is 38.1 Å². The smallest absolute Gasteiger partial charge is 0.257 e. The zero-order valence-corrected chi connectivity index (χ0v) is 16.2. The van der Waals surface area contributed by atoms with Gasteiger partial charge in [-0.3, -0.25) is 9.59 Å². The third-order valence-electron chi connectivity index (χ3n) is 5.64. The van der Waals surface area contributed by atoms with Crippen molar-refractivity contribution in [2.24, 2.45) is 0 Å². The van der Waals surface area contributed by atoms with E-state index in [4.69, 9.17) is 0 Å². The first-order valence-electron chi connectivity index (χ1n) is 10.2. The Balaban J connectivity index is 1.24. The van der Waals surface area contributed by atoms with Crippen LogP contribution in [0.3, 0.4) is 0 Å². The minimum atomic E-state index is -0.221. The molecule has 3 heterocycles. The molecule has 0 atom stereocenters. The number of hydrogen-bond acceptors (Lipinski definition) is 4. The zero-order chi connectivity index (χ0) is 19.8. The molecule has 0 unspecified atom stereocenters. The molecular formula is C22H23N5O2. The zero-order valence-electron chi connectivity index (χ0n) is 16.2. The number of nitrogens with zero attached hydrogens (tertiary/aromatic N) is 4. The largest absolute Gasteiger partial charge is 0.342 e. The van der Waals surface area contributed by atoms with Crippen LogP contribution in [0.1, 0.15) is 47.6 Å². The number of hydrogen-bond donors (Lipinski definition) is 1. The van der Waals surface area contributed by atoms with Crippen molar-refractivity contribution in [3.63, 3.8) is 0 Å². The molecule has 1 aliphatic heterocycles. The van der Waals surface area contributed by atoms with Crippen molar-refractivity contribution >= 4 is 28.7 Å². The molecule has 2 amide bonds. The van der Waals surface area contributed by atoms with Crippen molar-refractivity contribution < 1.29 is 9.59 Å². The van der Waals surface area contributed by atoms with Crippen LogP contribution < -0.4 is 5.32 Å². The number of amides is 2. The van der Waals surface area contributed by atoms with E-state index in [-0.39, 0.29) is 11.8 Å². The van der Waals surface area contributed by atoms with Gasteiger partial charge in [-0.05, 0) is 49.4 Å². The van der Waals surface area contributed by atoms with Gasteiger partial charge in [-0.15, -0.1) is 0 Å². The van der Waals surface area contributed by atoms with E-state index in [1.807, 2.05) is 29.2 Å². The van der Waals surface area contributed by atoms with Crippen LogP contribution in [0.15, 0.2) is 42.9 Å². The minimum Gasteiger partial charge on any atom is -0.342 e. The Bertz CT molecular complexity index is 1060. The number of nitrogens with one attached hydrogen (secondary N) is 1. The summed E-state index contributed by atoms with van der Waals surface area (Å²) in [7, 11) is 0. The molecule has 1 aromatic carbocycles. The van der Waals surface area contributed by atoms with E-state index in [0.717, 1.165) is 55.5 Å². The van der Waals surface area contributed by atoms with Gasteiger partial charge in [0.2, 0.25) is 5.91 Å². The van der Waals surface area contributed by atoms with E-state index in [9.17, 15) is 9.59 Å². The van der Waals surface area contributed by atoms with Gasteiger partial charge in [-0.1, -0.05) is 12.1 Å². The minimum absolute atomic E-state index is 0.171. The lowest BCUT2D eigenvalue weighted by atomic mass is 10.1. The summed E-state index contributed by atoms with van der Waals surface area (Å²) in [5.41, 5.74) is 3.69. The van der Waals surface area contributed by atoms with Crippen LogP contribution in [-0.2, 0) is 11.2 Å². The first-order valence-corrected chi connectivity index (χ1v) is 10.2. The van der Waals surface area contributed by atoms with Gasteiger partial charge in [0.05, 0.1) is 18.3 Å². The Morgan fingerprint density at radius 2 is 1.83 bits per heavy atom. The monoisotopic (exact) mass is 389 g/mol. The van der Waals surface area contributed by atoms with E-state index in [1.54, 1.807) is 18.6 Å². The number of anilines is 1. The van der Waals surface area contributed by atoms with E-state index in [0.29, 0.717) is 23.7 Å². The maximum atomic E-state index is 12.6. The molecule has 3 aromatic rings. The molecule has 1 N–H and O–H groups in total. The van der Waals surface area contributed by atoms with Gasteiger partial charge < -0.3 is 14.8 Å². The molecule has 7 heteroatoms. The molecular weight excluding hydrogens is 366 g/mol. The molecule has 0 spiro atoms. The van der Waals surface area contributed by atoms with Gasteiger partial charge in [0, 0.05) is 31.0 Å². The van der Waals surface area contributed by atoms with E-state index < -0.39 is 0 Å². The average molecular weight is 389 g/mol. The van der Waals surface area contributed by atoms with Gasteiger partial charge in [0.1, 0.15) is 5.52 Å². The van der Waals surface area contributed by atoms with E-state index in [2.05, 4.69) is 19.9 Å². The van der Waals surface area contributed by atoms with Gasteiger partial charge in [-0.2, -0.15) is 0 Å². The number of rotatable bonds is 5. The van der Waals surface area contributed by atoms with Gasteiger partial charge in [-0.25, -0.2) is 9.97 Å². The van der Waals surface area contributed by atoms with Gasteiger partial charge in [0.25, 0.3) is 5.91 Å². The highest BCUT2D eigenvalue weighted by Gasteiger charge is 2.25. The Hall–Kier alpha value is -3.22. The van der Waals surface area contributed by atoms with Crippen LogP contribution in [0.5, 0.6) is 0 Å². The molecule has 1 saturated carbocycles. The molecule has 0 radical (unpaired) electrons. The van der Waals surface area contributed by atoms with Crippen LogP contribution in [0.25, 0.3) is 11.2 Å². The number of carbonyl (C=O) groups is 2. The molecule has 1 aliphatic carbocycles. The predicted molar refractivity (Wildman–Crippen MR) is 110 cm³/mol. The topological polar surface area (TPSA) is 80.1 Å². The quantitative estimate of drug-likeness (QED) is 0.727. The SMILES string of the molecule is O=C(Nc1ccc(CC(=O)N2CCCC2)cc1)c1cnc2c(c1)ncn2C1CC1. The summed E-state index contributed by atoms with van der Waals surface area (Å²) in [6, 6.07) is 9.73. The first-order chi connectivity index (χ1) is 14.2. The summed E-state index contributed by atoms with van der Waals surface area (Å²) < 4.78 is 2.08. The molecule has 2 aromatic heterocycles. The fourth-order valence-corrected chi connectivity index (χ4v) is 3.83. The van der Waals surface area contributed by atoms with Crippen LogP contribution in [0.2, 0.25) is 0 Å². The second-order valence-corrected chi connectivity index (χ2v) is 7.87. The highest BCUT2D eigenvalue weighted by molar-refractivity contribution is 6.05. The summed E-state index contributed by atoms with van der Waals surface area (Å²) in [6.45, 7) is 1.73. The third kappa shape index (κ3) is 3.72. The maximum Gasteiger partial charge on any atom is 0.257 e.